The molecule has 0 rings (SSSR count). The summed E-state index contributed by atoms with van der Waals surface area (Å²) in [4.78, 5) is 23.7. The zero-order valence-electron chi connectivity index (χ0n) is 13.8. The Labute approximate surface area is 122 Å². The number of amides is 2. The van der Waals surface area contributed by atoms with Gasteiger partial charge in [0.25, 0.3) is 0 Å². The summed E-state index contributed by atoms with van der Waals surface area (Å²) in [6.07, 6.45) is 0.343. The molecule has 0 saturated heterocycles. The van der Waals surface area contributed by atoms with Gasteiger partial charge in [-0.3, -0.25) is 4.79 Å². The molecule has 0 bridgehead atoms. The Hall–Kier alpha value is -1.26. The van der Waals surface area contributed by atoms with E-state index in [0.717, 1.165) is 6.42 Å². The number of alkyl carbamates (subject to hydrolysis) is 1. The van der Waals surface area contributed by atoms with Crippen molar-refractivity contribution in [2.75, 3.05) is 7.11 Å². The Balaban J connectivity index is 4.75. The molecule has 0 unspecified atom stereocenters. The molecule has 0 aliphatic rings. The smallest absolute Gasteiger partial charge is 0.407 e. The van der Waals surface area contributed by atoms with Crippen molar-refractivity contribution in [2.24, 2.45) is 17.8 Å². The number of carbonyl (C=O) groups is 2. The Bertz CT molecular complexity index is 314. The van der Waals surface area contributed by atoms with Crippen LogP contribution >= 0.6 is 0 Å². The monoisotopic (exact) mass is 286 g/mol. The van der Waals surface area contributed by atoms with Crippen LogP contribution in [0, 0.1) is 17.8 Å². The van der Waals surface area contributed by atoms with Gasteiger partial charge in [-0.1, -0.05) is 41.5 Å². The molecule has 20 heavy (non-hydrogen) atoms. The molecule has 0 fully saturated rings. The first-order valence-electron chi connectivity index (χ1n) is 7.33. The van der Waals surface area contributed by atoms with E-state index in [4.69, 9.17) is 0 Å². The first kappa shape index (κ1) is 18.7. The van der Waals surface area contributed by atoms with Crippen LogP contribution in [0.15, 0.2) is 0 Å². The average Bonchev–Trinajstić information content (AvgIpc) is 2.33. The fraction of sp³-hybridized carbons (Fsp3) is 0.867. The highest BCUT2D eigenvalue weighted by molar-refractivity contribution is 5.86. The summed E-state index contributed by atoms with van der Waals surface area (Å²) in [7, 11) is 1.29. The molecule has 0 aliphatic carbocycles. The van der Waals surface area contributed by atoms with Crippen LogP contribution in [-0.4, -0.2) is 31.2 Å². The van der Waals surface area contributed by atoms with E-state index in [1.54, 1.807) is 0 Å². The van der Waals surface area contributed by atoms with Crippen molar-refractivity contribution in [2.45, 2.75) is 60.0 Å². The number of hydrogen-bond donors (Lipinski definition) is 2. The van der Waals surface area contributed by atoms with Crippen molar-refractivity contribution >= 4 is 12.0 Å². The molecule has 0 saturated carbocycles. The predicted octanol–water partition coefficient (Wildman–Crippen LogP) is 2.55. The predicted molar refractivity (Wildman–Crippen MR) is 80.4 cm³/mol. The van der Waals surface area contributed by atoms with Crippen molar-refractivity contribution in [1.29, 1.82) is 0 Å². The van der Waals surface area contributed by atoms with Gasteiger partial charge in [0.15, 0.2) is 0 Å². The minimum absolute atomic E-state index is 0.000891. The highest BCUT2D eigenvalue weighted by Gasteiger charge is 2.27. The summed E-state index contributed by atoms with van der Waals surface area (Å²) in [5.41, 5.74) is 0. The second kappa shape index (κ2) is 8.82. The molecule has 5 nitrogen and oxygen atoms in total. The van der Waals surface area contributed by atoms with Gasteiger partial charge in [-0.25, -0.2) is 4.79 Å². The Morgan fingerprint density at radius 1 is 0.950 bits per heavy atom. The molecule has 0 aliphatic heterocycles. The molecule has 5 heteroatoms. The largest absolute Gasteiger partial charge is 0.453 e. The standard InChI is InChI=1S/C15H30N2O3/c1-9(2)8-12(10(3)4)16-14(18)13(11(5)6)17-15(19)20-7/h9-13H,8H2,1-7H3,(H,16,18)(H,17,19)/t12-,13+/m0/s1. The van der Waals surface area contributed by atoms with E-state index in [1.165, 1.54) is 7.11 Å². The third-order valence-electron chi connectivity index (χ3n) is 3.27. The zero-order chi connectivity index (χ0) is 15.9. The third kappa shape index (κ3) is 6.78. The third-order valence-corrected chi connectivity index (χ3v) is 3.27. The van der Waals surface area contributed by atoms with Crippen molar-refractivity contribution in [1.82, 2.24) is 10.6 Å². The summed E-state index contributed by atoms with van der Waals surface area (Å²) in [5, 5.41) is 5.64. The number of ether oxygens (including phenoxy) is 1. The molecular formula is C15H30N2O3. The van der Waals surface area contributed by atoms with Gasteiger partial charge < -0.3 is 15.4 Å². The highest BCUT2D eigenvalue weighted by Crippen LogP contribution is 2.13. The van der Waals surface area contributed by atoms with Gasteiger partial charge in [0.1, 0.15) is 6.04 Å². The number of methoxy groups -OCH3 is 1. The Morgan fingerprint density at radius 2 is 1.50 bits per heavy atom. The lowest BCUT2D eigenvalue weighted by Gasteiger charge is -2.28. The minimum Gasteiger partial charge on any atom is -0.453 e. The molecular weight excluding hydrogens is 256 g/mol. The molecule has 2 N–H and O–H groups in total. The lowest BCUT2D eigenvalue weighted by Crippen LogP contribution is -2.53. The SMILES string of the molecule is COC(=O)N[C@@H](C(=O)N[C@@H](CC(C)C)C(C)C)C(C)C. The molecule has 0 aromatic rings. The van der Waals surface area contributed by atoms with E-state index in [1.807, 2.05) is 13.8 Å². The molecule has 0 aromatic carbocycles. The van der Waals surface area contributed by atoms with Crippen LogP contribution < -0.4 is 10.6 Å². The van der Waals surface area contributed by atoms with Crippen LogP contribution in [0.1, 0.15) is 48.0 Å². The van der Waals surface area contributed by atoms with Gasteiger partial charge in [-0.05, 0) is 24.2 Å². The van der Waals surface area contributed by atoms with Gasteiger partial charge in [0.2, 0.25) is 5.91 Å². The Morgan fingerprint density at radius 3 is 1.85 bits per heavy atom. The van der Waals surface area contributed by atoms with Crippen molar-refractivity contribution in [3.8, 4) is 0 Å². The summed E-state index contributed by atoms with van der Waals surface area (Å²) in [6.45, 7) is 12.2. The highest BCUT2D eigenvalue weighted by atomic mass is 16.5. The van der Waals surface area contributed by atoms with Crippen LogP contribution in [0.4, 0.5) is 4.79 Å². The van der Waals surface area contributed by atoms with E-state index < -0.39 is 12.1 Å². The van der Waals surface area contributed by atoms with E-state index in [-0.39, 0.29) is 17.9 Å². The summed E-state index contributed by atoms with van der Waals surface area (Å²) < 4.78 is 4.57. The number of carbonyl (C=O) groups excluding carboxylic acids is 2. The zero-order valence-corrected chi connectivity index (χ0v) is 13.8. The lowest BCUT2D eigenvalue weighted by molar-refractivity contribution is -0.125. The van der Waals surface area contributed by atoms with Crippen LogP contribution in [0.25, 0.3) is 0 Å². The molecule has 0 radical (unpaired) electrons. The minimum atomic E-state index is -0.580. The van der Waals surface area contributed by atoms with Gasteiger partial charge in [0.05, 0.1) is 7.11 Å². The number of hydrogen-bond acceptors (Lipinski definition) is 3. The van der Waals surface area contributed by atoms with E-state index in [0.29, 0.717) is 11.8 Å². The molecule has 0 heterocycles. The van der Waals surface area contributed by atoms with E-state index in [9.17, 15) is 9.59 Å². The van der Waals surface area contributed by atoms with E-state index >= 15 is 0 Å². The second-order valence-corrected chi connectivity index (χ2v) is 6.35. The van der Waals surface area contributed by atoms with Crippen molar-refractivity contribution < 1.29 is 14.3 Å². The quantitative estimate of drug-likeness (QED) is 0.756. The van der Waals surface area contributed by atoms with Crippen molar-refractivity contribution in [3.05, 3.63) is 0 Å². The van der Waals surface area contributed by atoms with Crippen LogP contribution in [0.3, 0.4) is 0 Å². The van der Waals surface area contributed by atoms with Gasteiger partial charge >= 0.3 is 6.09 Å². The fourth-order valence-electron chi connectivity index (χ4n) is 2.00. The molecule has 118 valence electrons. The fourth-order valence-corrected chi connectivity index (χ4v) is 2.00. The van der Waals surface area contributed by atoms with Crippen LogP contribution in [0.2, 0.25) is 0 Å². The average molecular weight is 286 g/mol. The normalized spacial score (nSPS) is 14.3. The lowest BCUT2D eigenvalue weighted by atomic mass is 9.93. The molecule has 0 spiro atoms. The van der Waals surface area contributed by atoms with E-state index in [2.05, 4.69) is 43.1 Å². The molecule has 2 atom stereocenters. The maximum Gasteiger partial charge on any atom is 0.407 e. The number of nitrogens with one attached hydrogen (secondary N) is 2. The summed E-state index contributed by atoms with van der Waals surface area (Å²) >= 11 is 0. The first-order valence-corrected chi connectivity index (χ1v) is 7.33. The van der Waals surface area contributed by atoms with Gasteiger partial charge in [0, 0.05) is 6.04 Å². The van der Waals surface area contributed by atoms with Crippen LogP contribution in [0.5, 0.6) is 0 Å². The van der Waals surface area contributed by atoms with Crippen LogP contribution in [-0.2, 0) is 9.53 Å². The maximum atomic E-state index is 12.4. The van der Waals surface area contributed by atoms with Gasteiger partial charge in [-0.15, -0.1) is 0 Å². The second-order valence-electron chi connectivity index (χ2n) is 6.35. The maximum absolute atomic E-state index is 12.4. The first-order chi connectivity index (χ1) is 9.18. The topological polar surface area (TPSA) is 67.4 Å². The van der Waals surface area contributed by atoms with Gasteiger partial charge in [-0.2, -0.15) is 0 Å². The van der Waals surface area contributed by atoms with Crippen molar-refractivity contribution in [3.63, 3.8) is 0 Å². The number of rotatable bonds is 7. The Kier molecular flexibility index (Phi) is 8.26. The molecule has 0 aromatic heterocycles. The summed E-state index contributed by atoms with van der Waals surface area (Å²) in [5.74, 6) is 0.715. The molecule has 2 amide bonds. The summed E-state index contributed by atoms with van der Waals surface area (Å²) in [6, 6.07) is -0.459.